The van der Waals surface area contributed by atoms with Gasteiger partial charge in [-0.2, -0.15) is 0 Å². The quantitative estimate of drug-likeness (QED) is 0.925. The van der Waals surface area contributed by atoms with Crippen molar-refractivity contribution in [3.63, 3.8) is 0 Å². The van der Waals surface area contributed by atoms with Gasteiger partial charge in [0.25, 0.3) is 0 Å². The molecule has 0 unspecified atom stereocenters. The van der Waals surface area contributed by atoms with Gasteiger partial charge in [0, 0.05) is 26.2 Å². The van der Waals surface area contributed by atoms with Crippen molar-refractivity contribution < 1.29 is 5.11 Å². The molecule has 114 valence electrons. The fourth-order valence-electron chi connectivity index (χ4n) is 2.47. The summed E-state index contributed by atoms with van der Waals surface area (Å²) < 4.78 is 0. The van der Waals surface area contributed by atoms with Crippen LogP contribution in [0.3, 0.4) is 0 Å². The molecule has 1 saturated heterocycles. The van der Waals surface area contributed by atoms with Gasteiger partial charge in [0.1, 0.15) is 5.01 Å². The first kappa shape index (κ1) is 15.9. The fraction of sp³-hybridized carbons (Fsp3) is 0.800. The second kappa shape index (κ2) is 6.10. The maximum absolute atomic E-state index is 10.3. The average Bonchev–Trinajstić information content (AvgIpc) is 2.76. The van der Waals surface area contributed by atoms with Crippen LogP contribution in [0, 0.1) is 0 Å². The van der Waals surface area contributed by atoms with Crippen LogP contribution in [0.4, 0.5) is 0 Å². The third-order valence-electron chi connectivity index (χ3n) is 3.75. The number of likely N-dealkylation sites (N-methyl/N-ethyl adjacent to an activating group) is 1. The lowest BCUT2D eigenvalue weighted by molar-refractivity contribution is 0.0811. The van der Waals surface area contributed by atoms with Crippen molar-refractivity contribution in [3.8, 4) is 0 Å². The molecule has 2 rings (SSSR count). The molecule has 20 heavy (non-hydrogen) atoms. The summed E-state index contributed by atoms with van der Waals surface area (Å²) in [6, 6.07) is 0. The Bertz CT molecular complexity index is 442. The molecular weight excluding hydrogens is 270 g/mol. The van der Waals surface area contributed by atoms with E-state index in [4.69, 9.17) is 4.98 Å². The summed E-state index contributed by atoms with van der Waals surface area (Å²) >= 11 is 1.67. The number of nitrogens with zero attached hydrogens (tertiary/aromatic N) is 3. The molecule has 0 spiro atoms. The van der Waals surface area contributed by atoms with Gasteiger partial charge in [-0.05, 0) is 26.8 Å². The van der Waals surface area contributed by atoms with Gasteiger partial charge < -0.3 is 10.0 Å². The van der Waals surface area contributed by atoms with E-state index >= 15 is 0 Å². The zero-order valence-electron chi connectivity index (χ0n) is 13.3. The third kappa shape index (κ3) is 3.79. The standard InChI is InChI=1S/C15H27N3OS/c1-11(2)13-14(15(3,4)19)20-12(16-13)10-18-8-6-17(5)7-9-18/h11,19H,6-10H2,1-5H3. The first-order valence-corrected chi connectivity index (χ1v) is 8.22. The zero-order chi connectivity index (χ0) is 14.9. The van der Waals surface area contributed by atoms with E-state index in [1.807, 2.05) is 13.8 Å². The van der Waals surface area contributed by atoms with E-state index < -0.39 is 5.60 Å². The summed E-state index contributed by atoms with van der Waals surface area (Å²) in [5, 5.41) is 11.5. The second-order valence-electron chi connectivity index (χ2n) is 6.62. The van der Waals surface area contributed by atoms with Gasteiger partial charge in [-0.15, -0.1) is 11.3 Å². The molecule has 0 radical (unpaired) electrons. The molecule has 1 aromatic rings. The predicted octanol–water partition coefficient (Wildman–Crippen LogP) is 2.24. The van der Waals surface area contributed by atoms with Gasteiger partial charge in [-0.25, -0.2) is 4.98 Å². The number of aliphatic hydroxyl groups is 1. The first-order valence-electron chi connectivity index (χ1n) is 7.40. The number of piperazine rings is 1. The summed E-state index contributed by atoms with van der Waals surface area (Å²) in [7, 11) is 2.17. The molecule has 0 aromatic carbocycles. The summed E-state index contributed by atoms with van der Waals surface area (Å²) in [6.07, 6.45) is 0. The molecule has 0 atom stereocenters. The molecule has 1 aromatic heterocycles. The van der Waals surface area contributed by atoms with Crippen LogP contribution in [0.2, 0.25) is 0 Å². The van der Waals surface area contributed by atoms with Crippen LogP contribution >= 0.6 is 11.3 Å². The van der Waals surface area contributed by atoms with Gasteiger partial charge in [0.2, 0.25) is 0 Å². The molecule has 1 N–H and O–H groups in total. The van der Waals surface area contributed by atoms with Crippen LogP contribution in [0.25, 0.3) is 0 Å². The SMILES string of the molecule is CC(C)c1nc(CN2CCN(C)CC2)sc1C(C)(C)O. The molecule has 0 amide bonds. The lowest BCUT2D eigenvalue weighted by Gasteiger charge is -2.31. The summed E-state index contributed by atoms with van der Waals surface area (Å²) in [5.41, 5.74) is 0.268. The Labute approximate surface area is 126 Å². The van der Waals surface area contributed by atoms with Crippen LogP contribution in [-0.2, 0) is 12.1 Å². The Morgan fingerprint density at radius 3 is 2.30 bits per heavy atom. The van der Waals surface area contributed by atoms with Gasteiger partial charge in [0.15, 0.2) is 0 Å². The van der Waals surface area contributed by atoms with Gasteiger partial charge >= 0.3 is 0 Å². The van der Waals surface area contributed by atoms with E-state index in [-0.39, 0.29) is 0 Å². The van der Waals surface area contributed by atoms with Crippen LogP contribution in [0.15, 0.2) is 0 Å². The highest BCUT2D eigenvalue weighted by molar-refractivity contribution is 7.11. The minimum absolute atomic E-state index is 0.355. The predicted molar refractivity (Wildman–Crippen MR) is 84.2 cm³/mol. The van der Waals surface area contributed by atoms with Crippen molar-refractivity contribution in [2.75, 3.05) is 33.2 Å². The Morgan fingerprint density at radius 1 is 1.25 bits per heavy atom. The van der Waals surface area contributed by atoms with Gasteiger partial charge in [-0.1, -0.05) is 13.8 Å². The number of thiazole rings is 1. The smallest absolute Gasteiger partial charge is 0.107 e. The van der Waals surface area contributed by atoms with E-state index in [9.17, 15) is 5.11 Å². The van der Waals surface area contributed by atoms with Crippen LogP contribution in [0.5, 0.6) is 0 Å². The highest BCUT2D eigenvalue weighted by atomic mass is 32.1. The topological polar surface area (TPSA) is 39.6 Å². The number of rotatable bonds is 4. The minimum Gasteiger partial charge on any atom is -0.385 e. The van der Waals surface area contributed by atoms with E-state index in [1.165, 1.54) is 0 Å². The van der Waals surface area contributed by atoms with E-state index in [0.29, 0.717) is 5.92 Å². The molecule has 0 saturated carbocycles. The van der Waals surface area contributed by atoms with Gasteiger partial charge in [0.05, 0.1) is 22.7 Å². The van der Waals surface area contributed by atoms with E-state index in [1.54, 1.807) is 11.3 Å². The first-order chi connectivity index (χ1) is 9.27. The molecule has 1 fully saturated rings. The van der Waals surface area contributed by atoms with Crippen LogP contribution in [0.1, 0.15) is 49.2 Å². The molecule has 0 bridgehead atoms. The second-order valence-corrected chi connectivity index (χ2v) is 7.70. The number of hydrogen-bond donors (Lipinski definition) is 1. The average molecular weight is 297 g/mol. The maximum atomic E-state index is 10.3. The maximum Gasteiger partial charge on any atom is 0.107 e. The van der Waals surface area contributed by atoms with Crippen LogP contribution in [-0.4, -0.2) is 53.1 Å². The van der Waals surface area contributed by atoms with Crippen molar-refractivity contribution >= 4 is 11.3 Å². The zero-order valence-corrected chi connectivity index (χ0v) is 14.1. The molecule has 5 heteroatoms. The van der Waals surface area contributed by atoms with Gasteiger partial charge in [-0.3, -0.25) is 4.90 Å². The molecule has 1 aliphatic rings. The number of aromatic nitrogens is 1. The Morgan fingerprint density at radius 2 is 1.85 bits per heavy atom. The molecule has 4 nitrogen and oxygen atoms in total. The monoisotopic (exact) mass is 297 g/mol. The molecular formula is C15H27N3OS. The summed E-state index contributed by atoms with van der Waals surface area (Å²) in [4.78, 5) is 10.6. The Balaban J connectivity index is 2.13. The summed E-state index contributed by atoms with van der Waals surface area (Å²) in [6.45, 7) is 13.4. The van der Waals surface area contributed by atoms with Crippen molar-refractivity contribution in [1.29, 1.82) is 0 Å². The highest BCUT2D eigenvalue weighted by Crippen LogP contribution is 2.34. The third-order valence-corrected chi connectivity index (χ3v) is 5.12. The Kier molecular flexibility index (Phi) is 4.84. The summed E-state index contributed by atoms with van der Waals surface area (Å²) in [5.74, 6) is 0.355. The van der Waals surface area contributed by atoms with Crippen LogP contribution < -0.4 is 0 Å². The van der Waals surface area contributed by atoms with Crippen molar-refractivity contribution in [2.45, 2.75) is 45.8 Å². The fourth-order valence-corrected chi connectivity index (χ4v) is 3.73. The number of hydrogen-bond acceptors (Lipinski definition) is 5. The van der Waals surface area contributed by atoms with E-state index in [2.05, 4.69) is 30.7 Å². The lowest BCUT2D eigenvalue weighted by atomic mass is 10.0. The molecule has 0 aliphatic carbocycles. The minimum atomic E-state index is -0.794. The molecule has 1 aliphatic heterocycles. The largest absolute Gasteiger partial charge is 0.385 e. The van der Waals surface area contributed by atoms with E-state index in [0.717, 1.165) is 48.3 Å². The van der Waals surface area contributed by atoms with Crippen molar-refractivity contribution in [2.24, 2.45) is 0 Å². The highest BCUT2D eigenvalue weighted by Gasteiger charge is 2.27. The Hall–Kier alpha value is -0.490. The van der Waals surface area contributed by atoms with Crippen molar-refractivity contribution in [1.82, 2.24) is 14.8 Å². The lowest BCUT2D eigenvalue weighted by Crippen LogP contribution is -2.43. The normalized spacial score (nSPS) is 18.9. The van der Waals surface area contributed by atoms with Crippen molar-refractivity contribution in [3.05, 3.63) is 15.6 Å². The molecule has 2 heterocycles.